The van der Waals surface area contributed by atoms with Crippen LogP contribution >= 0.6 is 27.7 Å². The summed E-state index contributed by atoms with van der Waals surface area (Å²) < 4.78 is 8.75. The van der Waals surface area contributed by atoms with Crippen molar-refractivity contribution in [1.82, 2.24) is 14.8 Å². The third-order valence-electron chi connectivity index (χ3n) is 4.75. The van der Waals surface area contributed by atoms with Gasteiger partial charge in [-0.3, -0.25) is 4.79 Å². The molecule has 0 aliphatic rings. The molecule has 6 nitrogen and oxygen atoms in total. The van der Waals surface area contributed by atoms with E-state index in [1.165, 1.54) is 17.3 Å². The Hall–Kier alpha value is -2.32. The van der Waals surface area contributed by atoms with E-state index in [1.807, 2.05) is 68.7 Å². The Morgan fingerprint density at radius 3 is 2.60 bits per heavy atom. The quantitative estimate of drug-likeness (QED) is 0.435. The molecular weight excluding hydrogens is 464 g/mol. The summed E-state index contributed by atoms with van der Waals surface area (Å²) >= 11 is 4.88. The summed E-state index contributed by atoms with van der Waals surface area (Å²) in [6.45, 7) is 9.13. The van der Waals surface area contributed by atoms with Crippen LogP contribution in [-0.2, 0) is 17.9 Å². The lowest BCUT2D eigenvalue weighted by molar-refractivity contribution is -0.113. The molecular formula is C22H25BrN4O2S. The lowest BCUT2D eigenvalue weighted by atomic mass is 10.1. The number of rotatable bonds is 8. The van der Waals surface area contributed by atoms with Gasteiger partial charge in [0.2, 0.25) is 5.91 Å². The summed E-state index contributed by atoms with van der Waals surface area (Å²) in [7, 11) is 0. The average molecular weight is 489 g/mol. The molecule has 8 heteroatoms. The van der Waals surface area contributed by atoms with Gasteiger partial charge in [0.15, 0.2) is 11.0 Å². The zero-order valence-corrected chi connectivity index (χ0v) is 19.9. The summed E-state index contributed by atoms with van der Waals surface area (Å²) in [6, 6.07) is 11.8. The molecule has 0 fully saturated rings. The van der Waals surface area contributed by atoms with Crippen LogP contribution in [-0.4, -0.2) is 26.4 Å². The normalized spacial score (nSPS) is 10.8. The Morgan fingerprint density at radius 1 is 1.13 bits per heavy atom. The molecule has 0 bridgehead atoms. The fourth-order valence-corrected chi connectivity index (χ4v) is 4.28. The number of hydrogen-bond acceptors (Lipinski definition) is 5. The first-order valence-corrected chi connectivity index (χ1v) is 11.5. The van der Waals surface area contributed by atoms with Gasteiger partial charge in [-0.05, 0) is 78.5 Å². The highest BCUT2D eigenvalue weighted by Gasteiger charge is 2.15. The minimum atomic E-state index is -0.0904. The van der Waals surface area contributed by atoms with E-state index >= 15 is 0 Å². The number of nitrogens with zero attached hydrogens (tertiary/aromatic N) is 3. The van der Waals surface area contributed by atoms with Crippen LogP contribution in [0.25, 0.3) is 0 Å². The number of halogens is 1. The van der Waals surface area contributed by atoms with Crippen molar-refractivity contribution in [2.75, 3.05) is 11.1 Å². The van der Waals surface area contributed by atoms with E-state index in [-0.39, 0.29) is 11.7 Å². The van der Waals surface area contributed by atoms with Crippen LogP contribution in [0.4, 0.5) is 5.69 Å². The first-order chi connectivity index (χ1) is 14.4. The summed E-state index contributed by atoms with van der Waals surface area (Å²) in [5.74, 6) is 1.72. The van der Waals surface area contributed by atoms with Crippen molar-refractivity contribution in [1.29, 1.82) is 0 Å². The van der Waals surface area contributed by atoms with E-state index in [9.17, 15) is 4.79 Å². The lowest BCUT2D eigenvalue weighted by Gasteiger charge is -2.11. The van der Waals surface area contributed by atoms with Crippen molar-refractivity contribution >= 4 is 39.3 Å². The number of para-hydroxylation sites is 1. The maximum Gasteiger partial charge on any atom is 0.234 e. The summed E-state index contributed by atoms with van der Waals surface area (Å²) in [5, 5.41) is 12.2. The molecule has 3 rings (SSSR count). The zero-order chi connectivity index (χ0) is 21.7. The molecule has 0 radical (unpaired) electrons. The number of carbonyl (C=O) groups excluding carboxylic acids is 1. The molecule has 1 amide bonds. The Balaban J connectivity index is 1.61. The lowest BCUT2D eigenvalue weighted by Crippen LogP contribution is -2.15. The predicted octanol–water partition coefficient (Wildman–Crippen LogP) is 5.30. The Morgan fingerprint density at radius 2 is 1.87 bits per heavy atom. The number of aryl methyl sites for hydroxylation is 3. The number of hydrogen-bond donors (Lipinski definition) is 1. The van der Waals surface area contributed by atoms with Crippen LogP contribution in [0.3, 0.4) is 0 Å². The van der Waals surface area contributed by atoms with Crippen LogP contribution < -0.4 is 10.1 Å². The van der Waals surface area contributed by atoms with Crippen molar-refractivity contribution < 1.29 is 9.53 Å². The SMILES string of the molecule is CCn1c(COc2ccccc2C)nnc1SCC(=O)Nc1cc(C)c(C)cc1Br. The maximum absolute atomic E-state index is 12.5. The number of nitrogens with one attached hydrogen (secondary N) is 1. The largest absolute Gasteiger partial charge is 0.485 e. The highest BCUT2D eigenvalue weighted by molar-refractivity contribution is 9.10. The van der Waals surface area contributed by atoms with Crippen molar-refractivity contribution in [2.45, 2.75) is 46.0 Å². The minimum Gasteiger partial charge on any atom is -0.485 e. The second-order valence-corrected chi connectivity index (χ2v) is 8.75. The number of carbonyl (C=O) groups is 1. The number of ether oxygens (including phenoxy) is 1. The molecule has 0 aliphatic carbocycles. The fourth-order valence-electron chi connectivity index (χ4n) is 2.90. The van der Waals surface area contributed by atoms with Crippen LogP contribution in [0, 0.1) is 20.8 Å². The number of aromatic nitrogens is 3. The number of benzene rings is 2. The molecule has 158 valence electrons. The third-order valence-corrected chi connectivity index (χ3v) is 6.37. The van der Waals surface area contributed by atoms with Gasteiger partial charge in [-0.15, -0.1) is 10.2 Å². The van der Waals surface area contributed by atoms with Gasteiger partial charge in [0.1, 0.15) is 12.4 Å². The van der Waals surface area contributed by atoms with Crippen molar-refractivity contribution in [2.24, 2.45) is 0 Å². The number of thioether (sulfide) groups is 1. The summed E-state index contributed by atoms with van der Waals surface area (Å²) in [5.41, 5.74) is 4.15. The van der Waals surface area contributed by atoms with E-state index in [1.54, 1.807) is 0 Å². The fraction of sp³-hybridized carbons (Fsp3) is 0.318. The monoisotopic (exact) mass is 488 g/mol. The van der Waals surface area contributed by atoms with Crippen LogP contribution in [0.2, 0.25) is 0 Å². The van der Waals surface area contributed by atoms with Crippen LogP contribution in [0.5, 0.6) is 5.75 Å². The van der Waals surface area contributed by atoms with Gasteiger partial charge in [-0.25, -0.2) is 0 Å². The number of anilines is 1. The van der Waals surface area contributed by atoms with E-state index in [0.717, 1.165) is 32.9 Å². The zero-order valence-electron chi connectivity index (χ0n) is 17.5. The molecule has 0 atom stereocenters. The first-order valence-electron chi connectivity index (χ1n) is 9.69. The molecule has 0 aliphatic heterocycles. The maximum atomic E-state index is 12.5. The van der Waals surface area contributed by atoms with Gasteiger partial charge < -0.3 is 14.6 Å². The molecule has 2 aromatic carbocycles. The molecule has 1 heterocycles. The van der Waals surface area contributed by atoms with Crippen molar-refractivity contribution in [3.05, 3.63) is 63.4 Å². The molecule has 0 saturated carbocycles. The highest BCUT2D eigenvalue weighted by atomic mass is 79.9. The second-order valence-electron chi connectivity index (χ2n) is 6.95. The Bertz CT molecular complexity index is 1050. The number of amides is 1. The van der Waals surface area contributed by atoms with Gasteiger partial charge in [0.25, 0.3) is 0 Å². The second kappa shape index (κ2) is 10.1. The predicted molar refractivity (Wildman–Crippen MR) is 124 cm³/mol. The summed E-state index contributed by atoms with van der Waals surface area (Å²) in [4.78, 5) is 12.5. The van der Waals surface area contributed by atoms with Gasteiger partial charge in [0.05, 0.1) is 11.4 Å². The van der Waals surface area contributed by atoms with Crippen molar-refractivity contribution in [3.63, 3.8) is 0 Å². The molecule has 1 N–H and O–H groups in total. The van der Waals surface area contributed by atoms with Gasteiger partial charge >= 0.3 is 0 Å². The van der Waals surface area contributed by atoms with Gasteiger partial charge in [0, 0.05) is 11.0 Å². The average Bonchev–Trinajstić information content (AvgIpc) is 3.11. The molecule has 0 spiro atoms. The molecule has 30 heavy (non-hydrogen) atoms. The van der Waals surface area contributed by atoms with E-state index in [2.05, 4.69) is 31.4 Å². The third kappa shape index (κ3) is 5.43. The van der Waals surface area contributed by atoms with E-state index in [0.29, 0.717) is 18.3 Å². The smallest absolute Gasteiger partial charge is 0.234 e. The first kappa shape index (κ1) is 22.4. The van der Waals surface area contributed by atoms with Crippen LogP contribution in [0.15, 0.2) is 46.0 Å². The highest BCUT2D eigenvalue weighted by Crippen LogP contribution is 2.27. The van der Waals surface area contributed by atoms with E-state index < -0.39 is 0 Å². The van der Waals surface area contributed by atoms with Gasteiger partial charge in [-0.2, -0.15) is 0 Å². The molecule has 1 aromatic heterocycles. The topological polar surface area (TPSA) is 69.0 Å². The van der Waals surface area contributed by atoms with Gasteiger partial charge in [-0.1, -0.05) is 30.0 Å². The van der Waals surface area contributed by atoms with Crippen LogP contribution in [0.1, 0.15) is 29.4 Å². The molecule has 0 saturated heterocycles. The Kier molecular flexibility index (Phi) is 7.55. The summed E-state index contributed by atoms with van der Waals surface area (Å²) in [6.07, 6.45) is 0. The molecule has 3 aromatic rings. The standard InChI is InChI=1S/C22H25BrN4O2S/c1-5-27-20(12-29-19-9-7-6-8-14(19)2)25-26-22(27)30-13-21(28)24-18-11-16(4)15(3)10-17(18)23/h6-11H,5,12-13H2,1-4H3,(H,24,28). The van der Waals surface area contributed by atoms with E-state index in [4.69, 9.17) is 4.74 Å². The van der Waals surface area contributed by atoms with Crippen molar-refractivity contribution in [3.8, 4) is 5.75 Å². The Labute approximate surface area is 189 Å². The molecule has 0 unspecified atom stereocenters. The minimum absolute atomic E-state index is 0.0904.